The minimum absolute atomic E-state index is 0.342. The van der Waals surface area contributed by atoms with Gasteiger partial charge in [-0.25, -0.2) is 13.4 Å². The van der Waals surface area contributed by atoms with Gasteiger partial charge in [-0.15, -0.1) is 11.3 Å². The van der Waals surface area contributed by atoms with Gasteiger partial charge in [0.2, 0.25) is 0 Å². The number of hydrogen-bond donors (Lipinski definition) is 1. The number of hydrogen-bond acceptors (Lipinski definition) is 5. The van der Waals surface area contributed by atoms with E-state index < -0.39 is 10.0 Å². The number of pyridine rings is 1. The largest absolute Gasteiger partial charge is 0.357 e. The summed E-state index contributed by atoms with van der Waals surface area (Å²) in [4.78, 5) is 7.71. The quantitative estimate of drug-likeness (QED) is 0.895. The van der Waals surface area contributed by atoms with Crippen molar-refractivity contribution in [3.8, 4) is 0 Å². The maximum atomic E-state index is 12.4. The first-order valence-electron chi connectivity index (χ1n) is 7.91. The van der Waals surface area contributed by atoms with E-state index in [-0.39, 0.29) is 0 Å². The van der Waals surface area contributed by atoms with Crippen LogP contribution in [-0.2, 0) is 16.4 Å². The number of piperidine rings is 1. The third-order valence-electron chi connectivity index (χ3n) is 3.93. The molecule has 2 aromatic heterocycles. The molecule has 1 N–H and O–H groups in total. The lowest BCUT2D eigenvalue weighted by Gasteiger charge is -2.27. The first-order chi connectivity index (χ1) is 11.1. The fourth-order valence-corrected chi connectivity index (χ4v) is 4.99. The Morgan fingerprint density at radius 2 is 1.96 bits per heavy atom. The summed E-state index contributed by atoms with van der Waals surface area (Å²) in [6, 6.07) is 7.18. The summed E-state index contributed by atoms with van der Waals surface area (Å²) in [5, 5.41) is 0. The van der Waals surface area contributed by atoms with Gasteiger partial charge in [0.1, 0.15) is 10.0 Å². The first-order valence-corrected chi connectivity index (χ1v) is 10.2. The van der Waals surface area contributed by atoms with Crippen LogP contribution in [0.5, 0.6) is 0 Å². The van der Waals surface area contributed by atoms with E-state index in [4.69, 9.17) is 0 Å². The van der Waals surface area contributed by atoms with Crippen molar-refractivity contribution >= 4 is 32.9 Å². The third kappa shape index (κ3) is 3.84. The van der Waals surface area contributed by atoms with E-state index in [9.17, 15) is 8.42 Å². The molecular formula is C16H21N3O2S2. The molecule has 5 nitrogen and oxygen atoms in total. The first kappa shape index (κ1) is 16.3. The molecule has 23 heavy (non-hydrogen) atoms. The lowest BCUT2D eigenvalue weighted by atomic mass is 10.1. The number of anilines is 2. The highest BCUT2D eigenvalue weighted by atomic mass is 32.2. The number of nitrogens with zero attached hydrogens (tertiary/aromatic N) is 2. The zero-order chi connectivity index (χ0) is 16.3. The highest BCUT2D eigenvalue weighted by molar-refractivity contribution is 7.94. The van der Waals surface area contributed by atoms with Crippen molar-refractivity contribution in [2.75, 3.05) is 22.7 Å². The molecule has 1 aliphatic heterocycles. The van der Waals surface area contributed by atoms with Crippen LogP contribution in [0.4, 0.5) is 11.5 Å². The standard InChI is InChI=1S/C16H21N3O2S2/c1-2-14-7-9-16(22-14)23(20,21)18-13-6-8-15(17-12-13)19-10-4-3-5-11-19/h6-9,12,18H,2-5,10-11H2,1H3. The van der Waals surface area contributed by atoms with E-state index in [2.05, 4.69) is 14.6 Å². The van der Waals surface area contributed by atoms with Crippen molar-refractivity contribution in [3.05, 3.63) is 35.3 Å². The van der Waals surface area contributed by atoms with Crippen LogP contribution in [0.1, 0.15) is 31.1 Å². The van der Waals surface area contributed by atoms with Crippen molar-refractivity contribution in [2.24, 2.45) is 0 Å². The molecule has 0 unspecified atom stereocenters. The van der Waals surface area contributed by atoms with Gasteiger partial charge in [0.05, 0.1) is 11.9 Å². The second-order valence-electron chi connectivity index (χ2n) is 5.63. The second kappa shape index (κ2) is 6.88. The van der Waals surface area contributed by atoms with E-state index in [1.54, 1.807) is 18.3 Å². The molecule has 124 valence electrons. The molecule has 0 amide bonds. The van der Waals surface area contributed by atoms with Gasteiger partial charge in [0.15, 0.2) is 0 Å². The maximum Gasteiger partial charge on any atom is 0.271 e. The van der Waals surface area contributed by atoms with Crippen LogP contribution in [0.2, 0.25) is 0 Å². The van der Waals surface area contributed by atoms with E-state index >= 15 is 0 Å². The Labute approximate surface area is 141 Å². The molecule has 7 heteroatoms. The van der Waals surface area contributed by atoms with Gasteiger partial charge < -0.3 is 4.90 Å². The van der Waals surface area contributed by atoms with Crippen LogP contribution < -0.4 is 9.62 Å². The van der Waals surface area contributed by atoms with E-state index in [0.717, 1.165) is 30.2 Å². The summed E-state index contributed by atoms with van der Waals surface area (Å²) in [5.41, 5.74) is 0.497. The Bertz CT molecular complexity index is 748. The van der Waals surface area contributed by atoms with Gasteiger partial charge in [0, 0.05) is 18.0 Å². The number of aromatic nitrogens is 1. The van der Waals surface area contributed by atoms with Crippen LogP contribution >= 0.6 is 11.3 Å². The Morgan fingerprint density at radius 3 is 2.57 bits per heavy atom. The fraction of sp³-hybridized carbons (Fsp3) is 0.438. The molecule has 3 rings (SSSR count). The fourth-order valence-electron chi connectivity index (χ4n) is 2.65. The molecule has 0 atom stereocenters. The summed E-state index contributed by atoms with van der Waals surface area (Å²) >= 11 is 1.31. The van der Waals surface area contributed by atoms with Crippen molar-refractivity contribution in [1.82, 2.24) is 4.98 Å². The Hall–Kier alpha value is -1.60. The zero-order valence-electron chi connectivity index (χ0n) is 13.2. The van der Waals surface area contributed by atoms with Gasteiger partial charge in [-0.2, -0.15) is 0 Å². The van der Waals surface area contributed by atoms with Gasteiger partial charge in [-0.3, -0.25) is 4.72 Å². The molecule has 2 aromatic rings. The topological polar surface area (TPSA) is 62.3 Å². The predicted octanol–water partition coefficient (Wildman–Crippen LogP) is 3.50. The van der Waals surface area contributed by atoms with Gasteiger partial charge in [0.25, 0.3) is 10.0 Å². The molecule has 0 bridgehead atoms. The van der Waals surface area contributed by atoms with Crippen molar-refractivity contribution in [2.45, 2.75) is 36.8 Å². The van der Waals surface area contributed by atoms with Crippen molar-refractivity contribution in [1.29, 1.82) is 0 Å². The molecule has 0 radical (unpaired) electrons. The van der Waals surface area contributed by atoms with E-state index in [1.165, 1.54) is 30.6 Å². The van der Waals surface area contributed by atoms with Crippen LogP contribution in [-0.4, -0.2) is 26.5 Å². The zero-order valence-corrected chi connectivity index (χ0v) is 14.8. The normalized spacial score (nSPS) is 15.6. The van der Waals surface area contributed by atoms with Gasteiger partial charge in [-0.1, -0.05) is 6.92 Å². The average Bonchev–Trinajstić information content (AvgIpc) is 3.06. The molecule has 0 spiro atoms. The third-order valence-corrected chi connectivity index (χ3v) is 7.03. The van der Waals surface area contributed by atoms with Crippen molar-refractivity contribution < 1.29 is 8.42 Å². The van der Waals surface area contributed by atoms with E-state index in [0.29, 0.717) is 9.90 Å². The molecule has 1 saturated heterocycles. The SMILES string of the molecule is CCc1ccc(S(=O)(=O)Nc2ccc(N3CCCCC3)nc2)s1. The highest BCUT2D eigenvalue weighted by Gasteiger charge is 2.17. The Balaban J connectivity index is 1.72. The number of thiophene rings is 1. The van der Waals surface area contributed by atoms with Crippen LogP contribution in [0.25, 0.3) is 0 Å². The Kier molecular flexibility index (Phi) is 4.87. The van der Waals surface area contributed by atoms with Gasteiger partial charge >= 0.3 is 0 Å². The minimum atomic E-state index is -3.53. The molecule has 0 aromatic carbocycles. The monoisotopic (exact) mass is 351 g/mol. The van der Waals surface area contributed by atoms with Crippen LogP contribution in [0, 0.1) is 0 Å². The summed E-state index contributed by atoms with van der Waals surface area (Å²) in [6.07, 6.45) is 6.08. The number of sulfonamides is 1. The minimum Gasteiger partial charge on any atom is -0.357 e. The molecule has 0 saturated carbocycles. The molecule has 1 fully saturated rings. The van der Waals surface area contributed by atoms with Gasteiger partial charge in [-0.05, 0) is 49.9 Å². The smallest absolute Gasteiger partial charge is 0.271 e. The Morgan fingerprint density at radius 1 is 1.17 bits per heavy atom. The average molecular weight is 351 g/mol. The highest BCUT2D eigenvalue weighted by Crippen LogP contribution is 2.25. The molecule has 0 aliphatic carbocycles. The molecule has 1 aliphatic rings. The van der Waals surface area contributed by atoms with E-state index in [1.807, 2.05) is 19.1 Å². The summed E-state index contributed by atoms with van der Waals surface area (Å²) < 4.78 is 27.7. The predicted molar refractivity (Wildman–Crippen MR) is 94.8 cm³/mol. The van der Waals surface area contributed by atoms with Crippen LogP contribution in [0.15, 0.2) is 34.7 Å². The second-order valence-corrected chi connectivity index (χ2v) is 8.71. The molecule has 3 heterocycles. The van der Waals surface area contributed by atoms with Crippen LogP contribution in [0.3, 0.4) is 0 Å². The lowest BCUT2D eigenvalue weighted by molar-refractivity contribution is 0.573. The summed E-state index contributed by atoms with van der Waals surface area (Å²) in [5.74, 6) is 0.914. The van der Waals surface area contributed by atoms with Crippen molar-refractivity contribution in [3.63, 3.8) is 0 Å². The number of nitrogens with one attached hydrogen (secondary N) is 1. The number of rotatable bonds is 5. The number of aryl methyl sites for hydroxylation is 1. The maximum absolute atomic E-state index is 12.4. The lowest BCUT2D eigenvalue weighted by Crippen LogP contribution is -2.30. The summed E-state index contributed by atoms with van der Waals surface area (Å²) in [6.45, 7) is 4.05. The summed E-state index contributed by atoms with van der Waals surface area (Å²) in [7, 11) is -3.53. The molecular weight excluding hydrogens is 330 g/mol.